The lowest BCUT2D eigenvalue weighted by molar-refractivity contribution is -0.121. The Labute approximate surface area is 190 Å². The van der Waals surface area contributed by atoms with Crippen molar-refractivity contribution in [3.63, 3.8) is 0 Å². The van der Waals surface area contributed by atoms with Crippen LogP contribution < -0.4 is 4.90 Å². The van der Waals surface area contributed by atoms with Crippen LogP contribution >= 0.6 is 0 Å². The van der Waals surface area contributed by atoms with Gasteiger partial charge in [0.1, 0.15) is 5.70 Å². The van der Waals surface area contributed by atoms with Gasteiger partial charge in [-0.25, -0.2) is 4.90 Å². The zero-order valence-electron chi connectivity index (χ0n) is 19.8. The predicted octanol–water partition coefficient (Wildman–Crippen LogP) is 4.82. The van der Waals surface area contributed by atoms with Gasteiger partial charge in [0.25, 0.3) is 11.8 Å². The van der Waals surface area contributed by atoms with E-state index >= 15 is 0 Å². The minimum Gasteiger partial charge on any atom is -0.372 e. The molecular formula is C27H32N2O3. The van der Waals surface area contributed by atoms with Crippen LogP contribution in [0.3, 0.4) is 0 Å². The third kappa shape index (κ3) is 3.97. The van der Waals surface area contributed by atoms with Gasteiger partial charge in [0.2, 0.25) is 0 Å². The van der Waals surface area contributed by atoms with Crippen LogP contribution in [0.15, 0.2) is 48.2 Å². The third-order valence-corrected chi connectivity index (χ3v) is 6.26. The Morgan fingerprint density at radius 2 is 1.53 bits per heavy atom. The molecule has 2 heterocycles. The van der Waals surface area contributed by atoms with Crippen molar-refractivity contribution in [2.75, 3.05) is 18.0 Å². The lowest BCUT2D eigenvalue weighted by Crippen LogP contribution is -2.47. The van der Waals surface area contributed by atoms with Crippen molar-refractivity contribution in [2.45, 2.75) is 59.7 Å². The molecule has 0 aromatic heterocycles. The van der Waals surface area contributed by atoms with Crippen molar-refractivity contribution in [3.05, 3.63) is 70.4 Å². The maximum Gasteiger partial charge on any atom is 0.282 e. The summed E-state index contributed by atoms with van der Waals surface area (Å²) in [6, 6.07) is 13.8. The van der Waals surface area contributed by atoms with Gasteiger partial charge in [0.05, 0.1) is 23.5 Å². The number of carbonyl (C=O) groups is 2. The fourth-order valence-electron chi connectivity index (χ4n) is 4.75. The first-order valence-electron chi connectivity index (χ1n) is 11.4. The van der Waals surface area contributed by atoms with Crippen LogP contribution in [0.25, 0.3) is 5.57 Å². The van der Waals surface area contributed by atoms with Crippen LogP contribution in [-0.2, 0) is 14.3 Å². The molecule has 2 aliphatic rings. The average Bonchev–Trinajstić information content (AvgIpc) is 2.97. The first-order chi connectivity index (χ1) is 15.2. The van der Waals surface area contributed by atoms with Gasteiger partial charge in [0, 0.05) is 13.1 Å². The van der Waals surface area contributed by atoms with Crippen molar-refractivity contribution < 1.29 is 14.3 Å². The molecule has 2 unspecified atom stereocenters. The van der Waals surface area contributed by atoms with E-state index in [2.05, 4.69) is 19.9 Å². The molecule has 0 bridgehead atoms. The largest absolute Gasteiger partial charge is 0.372 e. The van der Waals surface area contributed by atoms with Crippen molar-refractivity contribution in [3.8, 4) is 0 Å². The van der Waals surface area contributed by atoms with E-state index in [-0.39, 0.29) is 24.0 Å². The highest BCUT2D eigenvalue weighted by molar-refractivity contribution is 6.45. The van der Waals surface area contributed by atoms with Crippen molar-refractivity contribution in [1.29, 1.82) is 0 Å². The van der Waals surface area contributed by atoms with Gasteiger partial charge in [0.15, 0.2) is 0 Å². The van der Waals surface area contributed by atoms with E-state index in [9.17, 15) is 9.59 Å². The number of benzene rings is 2. The number of carbonyl (C=O) groups excluding carboxylic acids is 2. The molecule has 168 valence electrons. The molecule has 0 aliphatic carbocycles. The second-order valence-electron chi connectivity index (χ2n) is 9.40. The van der Waals surface area contributed by atoms with Gasteiger partial charge in [-0.1, -0.05) is 49.7 Å². The summed E-state index contributed by atoms with van der Waals surface area (Å²) in [6.45, 7) is 13.4. The second-order valence-corrected chi connectivity index (χ2v) is 9.40. The Kier molecular flexibility index (Phi) is 5.95. The minimum atomic E-state index is -0.263. The van der Waals surface area contributed by atoms with Crippen LogP contribution in [0.5, 0.6) is 0 Å². The first kappa shape index (κ1) is 22.3. The fourth-order valence-corrected chi connectivity index (χ4v) is 4.75. The third-order valence-electron chi connectivity index (χ3n) is 6.26. The maximum absolute atomic E-state index is 13.8. The smallest absolute Gasteiger partial charge is 0.282 e. The SMILES string of the molecule is Cc1ccc(C2=C(N3CC(C)OC(C)C3)C(=O)N(c3ccc(C(C)C)cc3)C2=O)c(C)c1. The molecule has 0 radical (unpaired) electrons. The van der Waals surface area contributed by atoms with E-state index in [0.717, 1.165) is 16.7 Å². The molecular weight excluding hydrogens is 400 g/mol. The summed E-state index contributed by atoms with van der Waals surface area (Å²) in [7, 11) is 0. The molecule has 2 aromatic rings. The zero-order valence-corrected chi connectivity index (χ0v) is 19.8. The summed E-state index contributed by atoms with van der Waals surface area (Å²) < 4.78 is 5.89. The maximum atomic E-state index is 13.8. The highest BCUT2D eigenvalue weighted by atomic mass is 16.5. The summed E-state index contributed by atoms with van der Waals surface area (Å²) >= 11 is 0. The standard InChI is InChI=1S/C27H32N2O3/c1-16(2)21-8-10-22(11-9-21)29-26(30)24(23-12-7-17(3)13-18(23)4)25(27(29)31)28-14-19(5)32-20(6)15-28/h7-13,16,19-20H,14-15H2,1-6H3. The number of morpholine rings is 1. The van der Waals surface area contributed by atoms with Gasteiger partial charge in [-0.3, -0.25) is 9.59 Å². The molecule has 5 heteroatoms. The number of hydrogen-bond acceptors (Lipinski definition) is 4. The highest BCUT2D eigenvalue weighted by Crippen LogP contribution is 2.37. The second kappa shape index (κ2) is 8.55. The number of imide groups is 1. The van der Waals surface area contributed by atoms with Gasteiger partial charge in [-0.05, 0) is 62.4 Å². The Hall–Kier alpha value is -2.92. The van der Waals surface area contributed by atoms with Gasteiger partial charge in [-0.15, -0.1) is 0 Å². The average molecular weight is 433 g/mol. The Balaban J connectivity index is 1.83. The molecule has 2 aliphatic heterocycles. The quantitative estimate of drug-likeness (QED) is 0.650. The number of rotatable bonds is 4. The van der Waals surface area contributed by atoms with Crippen LogP contribution in [0.2, 0.25) is 0 Å². The van der Waals surface area contributed by atoms with Crippen molar-refractivity contribution in [2.24, 2.45) is 0 Å². The summed E-state index contributed by atoms with van der Waals surface area (Å²) in [6.07, 6.45) is -0.0391. The van der Waals surface area contributed by atoms with E-state index in [0.29, 0.717) is 36.0 Å². The molecule has 2 aromatic carbocycles. The molecule has 2 atom stereocenters. The fraction of sp³-hybridized carbons (Fsp3) is 0.407. The number of hydrogen-bond donors (Lipinski definition) is 0. The molecule has 1 fully saturated rings. The predicted molar refractivity (Wildman–Crippen MR) is 127 cm³/mol. The van der Waals surface area contributed by atoms with Crippen molar-refractivity contribution >= 4 is 23.1 Å². The Morgan fingerprint density at radius 1 is 0.906 bits per heavy atom. The number of ether oxygens (including phenoxy) is 1. The van der Waals surface area contributed by atoms with E-state index in [1.54, 1.807) is 0 Å². The lowest BCUT2D eigenvalue weighted by Gasteiger charge is -2.37. The van der Waals surface area contributed by atoms with Gasteiger partial charge < -0.3 is 9.64 Å². The Bertz CT molecular complexity index is 1070. The van der Waals surface area contributed by atoms with Crippen LogP contribution in [0, 0.1) is 13.8 Å². The summed E-state index contributed by atoms with van der Waals surface area (Å²) in [5, 5.41) is 0. The topological polar surface area (TPSA) is 49.9 Å². The summed E-state index contributed by atoms with van der Waals surface area (Å²) in [5.41, 5.74) is 5.68. The lowest BCUT2D eigenvalue weighted by atomic mass is 9.97. The van der Waals surface area contributed by atoms with Crippen molar-refractivity contribution in [1.82, 2.24) is 4.90 Å². The zero-order chi connectivity index (χ0) is 23.2. The molecule has 2 amide bonds. The number of nitrogens with zero attached hydrogens (tertiary/aromatic N) is 2. The summed E-state index contributed by atoms with van der Waals surface area (Å²) in [4.78, 5) is 30.9. The van der Waals surface area contributed by atoms with E-state index in [1.165, 1.54) is 10.5 Å². The van der Waals surface area contributed by atoms with E-state index in [1.807, 2.05) is 69.0 Å². The molecule has 32 heavy (non-hydrogen) atoms. The molecule has 5 nitrogen and oxygen atoms in total. The Morgan fingerprint density at radius 3 is 2.09 bits per heavy atom. The van der Waals surface area contributed by atoms with Gasteiger partial charge >= 0.3 is 0 Å². The van der Waals surface area contributed by atoms with Gasteiger partial charge in [-0.2, -0.15) is 0 Å². The highest BCUT2D eigenvalue weighted by Gasteiger charge is 2.44. The van der Waals surface area contributed by atoms with Crippen LogP contribution in [0.1, 0.15) is 55.9 Å². The monoisotopic (exact) mass is 432 g/mol. The number of aryl methyl sites for hydroxylation is 2. The first-order valence-corrected chi connectivity index (χ1v) is 11.4. The van der Waals surface area contributed by atoms with Crippen LogP contribution in [-0.4, -0.2) is 42.0 Å². The molecule has 4 rings (SSSR count). The molecule has 0 saturated carbocycles. The van der Waals surface area contributed by atoms with E-state index < -0.39 is 0 Å². The molecule has 0 spiro atoms. The number of anilines is 1. The molecule has 0 N–H and O–H groups in total. The van der Waals surface area contributed by atoms with E-state index in [4.69, 9.17) is 4.74 Å². The normalized spacial score (nSPS) is 21.8. The minimum absolute atomic E-state index is 0.0195. The number of amides is 2. The molecule has 1 saturated heterocycles. The van der Waals surface area contributed by atoms with Crippen LogP contribution in [0.4, 0.5) is 5.69 Å². The summed E-state index contributed by atoms with van der Waals surface area (Å²) in [5.74, 6) is -0.144.